The van der Waals surface area contributed by atoms with Crippen LogP contribution < -0.4 is 5.32 Å². The first-order chi connectivity index (χ1) is 10.8. The van der Waals surface area contributed by atoms with Crippen LogP contribution in [-0.2, 0) is 9.59 Å². The van der Waals surface area contributed by atoms with Crippen LogP contribution in [-0.4, -0.2) is 52.7 Å². The number of hydrogen-bond donors (Lipinski definition) is 2. The highest BCUT2D eigenvalue weighted by Crippen LogP contribution is 2.21. The first kappa shape index (κ1) is 16.5. The van der Waals surface area contributed by atoms with Gasteiger partial charge in [0.1, 0.15) is 12.6 Å². The minimum Gasteiger partial charge on any atom is -0.480 e. The molecule has 0 spiro atoms. The number of carbonyl (C=O) groups is 4. The maximum Gasteiger partial charge on any atom is 0.326 e. The Labute approximate surface area is 128 Å². The molecule has 0 saturated carbocycles. The Morgan fingerprint density at radius 3 is 2.09 bits per heavy atom. The number of alkyl halides is 2. The molecule has 1 unspecified atom stereocenters. The zero-order valence-electron chi connectivity index (χ0n) is 11.7. The third kappa shape index (κ3) is 3.50. The van der Waals surface area contributed by atoms with Gasteiger partial charge < -0.3 is 10.4 Å². The third-order valence-corrected chi connectivity index (χ3v) is 3.23. The number of fused-ring (bicyclic) bond motifs is 1. The van der Waals surface area contributed by atoms with E-state index in [1.165, 1.54) is 12.1 Å². The van der Waals surface area contributed by atoms with Gasteiger partial charge in [-0.1, -0.05) is 12.1 Å². The largest absolute Gasteiger partial charge is 0.480 e. The van der Waals surface area contributed by atoms with Gasteiger partial charge in [0.15, 0.2) is 0 Å². The average Bonchev–Trinajstić information content (AvgIpc) is 2.72. The Morgan fingerprint density at radius 2 is 1.65 bits per heavy atom. The van der Waals surface area contributed by atoms with Gasteiger partial charge in [0, 0.05) is 6.42 Å². The number of carbonyl (C=O) groups excluding carboxylic acids is 3. The molecule has 1 aromatic rings. The van der Waals surface area contributed by atoms with Gasteiger partial charge in [0.2, 0.25) is 12.3 Å². The summed E-state index contributed by atoms with van der Waals surface area (Å²) in [6.45, 7) is -0.737. The lowest BCUT2D eigenvalue weighted by atomic mass is 10.1. The quantitative estimate of drug-likeness (QED) is 0.741. The van der Waals surface area contributed by atoms with E-state index in [1.807, 2.05) is 5.32 Å². The minimum atomic E-state index is -2.92. The van der Waals surface area contributed by atoms with Crippen molar-refractivity contribution in [1.82, 2.24) is 10.2 Å². The van der Waals surface area contributed by atoms with E-state index < -0.39 is 49.1 Å². The lowest BCUT2D eigenvalue weighted by Gasteiger charge is -2.17. The first-order valence-electron chi connectivity index (χ1n) is 6.56. The number of rotatable bonds is 6. The van der Waals surface area contributed by atoms with Gasteiger partial charge in [0.25, 0.3) is 11.8 Å². The summed E-state index contributed by atoms with van der Waals surface area (Å²) >= 11 is 0. The fourth-order valence-electron chi connectivity index (χ4n) is 2.17. The van der Waals surface area contributed by atoms with Gasteiger partial charge in [-0.15, -0.1) is 0 Å². The van der Waals surface area contributed by atoms with Crippen molar-refractivity contribution in [3.63, 3.8) is 0 Å². The Bertz CT molecular complexity index is 642. The standard InChI is InChI=1S/C14H12F2N2O5/c15-10(16)5-9(14(22)23)17-11(19)6-18-12(20)7-3-1-2-4-8(7)13(18)21/h1-4,9-10H,5-6H2,(H,17,19)(H,22,23). The monoisotopic (exact) mass is 326 g/mol. The second-order valence-corrected chi connectivity index (χ2v) is 4.83. The number of hydrogen-bond acceptors (Lipinski definition) is 4. The van der Waals surface area contributed by atoms with Crippen LogP contribution >= 0.6 is 0 Å². The number of carboxylic acids is 1. The molecule has 0 fully saturated rings. The third-order valence-electron chi connectivity index (χ3n) is 3.23. The molecule has 1 heterocycles. The summed E-state index contributed by atoms with van der Waals surface area (Å²) in [5, 5.41) is 10.7. The summed E-state index contributed by atoms with van der Waals surface area (Å²) in [4.78, 5) is 47.3. The van der Waals surface area contributed by atoms with Crippen molar-refractivity contribution < 1.29 is 33.1 Å². The molecule has 2 N–H and O–H groups in total. The van der Waals surface area contributed by atoms with Crippen LogP contribution in [0.2, 0.25) is 0 Å². The molecule has 1 aromatic carbocycles. The van der Waals surface area contributed by atoms with Gasteiger partial charge in [-0.2, -0.15) is 0 Å². The van der Waals surface area contributed by atoms with Gasteiger partial charge in [0.05, 0.1) is 11.1 Å². The Kier molecular flexibility index (Phi) is 4.68. The number of benzene rings is 1. The van der Waals surface area contributed by atoms with Crippen LogP contribution in [0.25, 0.3) is 0 Å². The second kappa shape index (κ2) is 6.51. The SMILES string of the molecule is O=C(CN1C(=O)c2ccccc2C1=O)NC(CC(F)F)C(=O)O. The molecule has 7 nitrogen and oxygen atoms in total. The molecule has 1 atom stereocenters. The molecular weight excluding hydrogens is 314 g/mol. The molecule has 0 radical (unpaired) electrons. The van der Waals surface area contributed by atoms with Crippen molar-refractivity contribution >= 4 is 23.7 Å². The topological polar surface area (TPSA) is 104 Å². The van der Waals surface area contributed by atoms with E-state index in [0.29, 0.717) is 4.90 Å². The number of nitrogens with one attached hydrogen (secondary N) is 1. The van der Waals surface area contributed by atoms with Crippen molar-refractivity contribution in [3.05, 3.63) is 35.4 Å². The van der Waals surface area contributed by atoms with E-state index in [9.17, 15) is 28.0 Å². The number of amides is 3. The molecule has 0 aromatic heterocycles. The normalized spacial score (nSPS) is 14.8. The molecule has 122 valence electrons. The number of aliphatic carboxylic acids is 1. The van der Waals surface area contributed by atoms with Crippen LogP contribution in [0.4, 0.5) is 8.78 Å². The minimum absolute atomic E-state index is 0.132. The van der Waals surface area contributed by atoms with E-state index in [4.69, 9.17) is 5.11 Å². The van der Waals surface area contributed by atoms with Gasteiger partial charge in [-0.05, 0) is 12.1 Å². The molecule has 23 heavy (non-hydrogen) atoms. The summed E-state index contributed by atoms with van der Waals surface area (Å²) in [5.74, 6) is -4.02. The highest BCUT2D eigenvalue weighted by atomic mass is 19.3. The lowest BCUT2D eigenvalue weighted by Crippen LogP contribution is -2.47. The molecule has 9 heteroatoms. The zero-order chi connectivity index (χ0) is 17.1. The van der Waals surface area contributed by atoms with Crippen molar-refractivity contribution in [2.24, 2.45) is 0 Å². The lowest BCUT2D eigenvalue weighted by molar-refractivity contribution is -0.143. The van der Waals surface area contributed by atoms with Gasteiger partial charge >= 0.3 is 5.97 Å². The number of halogens is 2. The summed E-state index contributed by atoms with van der Waals surface area (Å²) in [5.41, 5.74) is 0.264. The molecule has 0 aliphatic carbocycles. The van der Waals surface area contributed by atoms with E-state index in [0.717, 1.165) is 0 Å². The van der Waals surface area contributed by atoms with Crippen molar-refractivity contribution in [2.45, 2.75) is 18.9 Å². The van der Waals surface area contributed by atoms with E-state index in [2.05, 4.69) is 0 Å². The smallest absolute Gasteiger partial charge is 0.326 e. The van der Waals surface area contributed by atoms with Crippen LogP contribution in [0.3, 0.4) is 0 Å². The summed E-state index contributed by atoms with van der Waals surface area (Å²) in [6.07, 6.45) is -3.99. The van der Waals surface area contributed by atoms with Crippen molar-refractivity contribution in [2.75, 3.05) is 6.54 Å². The van der Waals surface area contributed by atoms with Crippen LogP contribution in [0.1, 0.15) is 27.1 Å². The van der Waals surface area contributed by atoms with E-state index in [-0.39, 0.29) is 11.1 Å². The molecular formula is C14H12F2N2O5. The van der Waals surface area contributed by atoms with Gasteiger partial charge in [-0.3, -0.25) is 19.3 Å². The molecule has 0 bridgehead atoms. The Balaban J connectivity index is 2.05. The molecule has 1 aliphatic heterocycles. The predicted molar refractivity (Wildman–Crippen MR) is 72.0 cm³/mol. The van der Waals surface area contributed by atoms with Crippen molar-refractivity contribution in [1.29, 1.82) is 0 Å². The first-order valence-corrected chi connectivity index (χ1v) is 6.56. The second-order valence-electron chi connectivity index (χ2n) is 4.83. The zero-order valence-corrected chi connectivity index (χ0v) is 11.7. The van der Waals surface area contributed by atoms with Gasteiger partial charge in [-0.25, -0.2) is 13.6 Å². The summed E-state index contributed by atoms with van der Waals surface area (Å²) in [7, 11) is 0. The Morgan fingerprint density at radius 1 is 1.13 bits per heavy atom. The van der Waals surface area contributed by atoms with E-state index >= 15 is 0 Å². The maximum absolute atomic E-state index is 12.3. The van der Waals surface area contributed by atoms with Crippen LogP contribution in [0, 0.1) is 0 Å². The molecule has 2 rings (SSSR count). The van der Waals surface area contributed by atoms with Crippen molar-refractivity contribution in [3.8, 4) is 0 Å². The fourth-order valence-corrected chi connectivity index (χ4v) is 2.17. The van der Waals surface area contributed by atoms with E-state index in [1.54, 1.807) is 12.1 Å². The fraction of sp³-hybridized carbons (Fsp3) is 0.286. The number of imide groups is 1. The molecule has 1 aliphatic rings. The average molecular weight is 326 g/mol. The summed E-state index contributed by atoms with van der Waals surface area (Å²) in [6, 6.07) is 4.15. The Hall–Kier alpha value is -2.84. The highest BCUT2D eigenvalue weighted by molar-refractivity contribution is 6.22. The molecule has 3 amide bonds. The number of nitrogens with zero attached hydrogens (tertiary/aromatic N) is 1. The summed E-state index contributed by atoms with van der Waals surface area (Å²) < 4.78 is 24.5. The highest BCUT2D eigenvalue weighted by Gasteiger charge is 2.36. The van der Waals surface area contributed by atoms with Crippen LogP contribution in [0.5, 0.6) is 0 Å². The van der Waals surface area contributed by atoms with Crippen LogP contribution in [0.15, 0.2) is 24.3 Å². The predicted octanol–water partition coefficient (Wildman–Crippen LogP) is 0.507. The maximum atomic E-state index is 12.3. The number of carboxylic acid groups (broad SMARTS) is 1. The molecule has 0 saturated heterocycles.